The monoisotopic (exact) mass is 459 g/mol. The summed E-state index contributed by atoms with van der Waals surface area (Å²) in [7, 11) is 3.87. The number of ether oxygens (including phenoxy) is 1. The van der Waals surface area contributed by atoms with Gasteiger partial charge in [0.15, 0.2) is 0 Å². The van der Waals surface area contributed by atoms with Gasteiger partial charge in [0.25, 0.3) is 11.8 Å². The molecule has 0 saturated heterocycles. The van der Waals surface area contributed by atoms with Crippen molar-refractivity contribution in [2.45, 2.75) is 13.3 Å². The van der Waals surface area contributed by atoms with Gasteiger partial charge >= 0.3 is 0 Å². The van der Waals surface area contributed by atoms with Gasteiger partial charge in [-0.25, -0.2) is 9.29 Å². The van der Waals surface area contributed by atoms with Crippen LogP contribution in [0.5, 0.6) is 5.75 Å². The maximum absolute atomic E-state index is 13.6. The van der Waals surface area contributed by atoms with Crippen LogP contribution in [0.25, 0.3) is 5.57 Å². The Morgan fingerprint density at radius 3 is 2.29 bits per heavy atom. The number of carbonyl (C=O) groups excluding carboxylic acids is 2. The molecule has 3 aromatic carbocycles. The van der Waals surface area contributed by atoms with Crippen LogP contribution in [0.4, 0.5) is 21.5 Å². The lowest BCUT2D eigenvalue weighted by atomic mass is 10.0. The number of rotatable bonds is 8. The van der Waals surface area contributed by atoms with E-state index in [4.69, 9.17) is 4.74 Å². The number of hydrogen-bond donors (Lipinski definition) is 1. The van der Waals surface area contributed by atoms with Gasteiger partial charge in [-0.3, -0.25) is 9.59 Å². The van der Waals surface area contributed by atoms with Crippen molar-refractivity contribution in [3.63, 3.8) is 0 Å². The minimum Gasteiger partial charge on any atom is -0.494 e. The Hall–Kier alpha value is -4.13. The Bertz CT molecular complexity index is 1230. The normalized spacial score (nSPS) is 13.5. The first kappa shape index (κ1) is 23.0. The zero-order chi connectivity index (χ0) is 24.2. The van der Waals surface area contributed by atoms with E-state index in [0.29, 0.717) is 29.3 Å². The molecule has 3 aromatic rings. The van der Waals surface area contributed by atoms with Gasteiger partial charge in [0.2, 0.25) is 0 Å². The summed E-state index contributed by atoms with van der Waals surface area (Å²) >= 11 is 0. The first-order valence-corrected chi connectivity index (χ1v) is 11.1. The van der Waals surface area contributed by atoms with Gasteiger partial charge in [0, 0.05) is 31.5 Å². The van der Waals surface area contributed by atoms with E-state index in [2.05, 4.69) is 5.32 Å². The lowest BCUT2D eigenvalue weighted by Crippen LogP contribution is -2.32. The summed E-state index contributed by atoms with van der Waals surface area (Å²) in [5, 5.41) is 3.12. The predicted molar refractivity (Wildman–Crippen MR) is 132 cm³/mol. The van der Waals surface area contributed by atoms with Crippen molar-refractivity contribution in [2.24, 2.45) is 0 Å². The molecular weight excluding hydrogens is 433 g/mol. The number of anilines is 3. The maximum atomic E-state index is 13.6. The third-order valence-electron chi connectivity index (χ3n) is 5.42. The molecule has 1 aliphatic rings. The van der Waals surface area contributed by atoms with Gasteiger partial charge in [0.1, 0.15) is 17.3 Å². The molecule has 0 saturated carbocycles. The van der Waals surface area contributed by atoms with Crippen LogP contribution in [0, 0.1) is 5.82 Å². The second-order valence-corrected chi connectivity index (χ2v) is 8.11. The molecule has 4 rings (SSSR count). The van der Waals surface area contributed by atoms with Crippen molar-refractivity contribution in [1.29, 1.82) is 0 Å². The topological polar surface area (TPSA) is 61.9 Å². The number of halogens is 1. The summed E-state index contributed by atoms with van der Waals surface area (Å²) in [5.41, 5.74) is 2.83. The average molecular weight is 460 g/mol. The lowest BCUT2D eigenvalue weighted by Gasteiger charge is -2.17. The van der Waals surface area contributed by atoms with E-state index < -0.39 is 17.6 Å². The predicted octanol–water partition coefficient (Wildman–Crippen LogP) is 5.08. The van der Waals surface area contributed by atoms with Crippen molar-refractivity contribution in [3.05, 3.63) is 89.9 Å². The molecule has 2 amide bonds. The van der Waals surface area contributed by atoms with Crippen LogP contribution in [-0.4, -0.2) is 32.5 Å². The molecule has 0 unspecified atom stereocenters. The molecule has 1 heterocycles. The zero-order valence-electron chi connectivity index (χ0n) is 19.3. The third-order valence-corrected chi connectivity index (χ3v) is 5.42. The average Bonchev–Trinajstić information content (AvgIpc) is 3.08. The first-order valence-electron chi connectivity index (χ1n) is 11.1. The molecule has 1 N–H and O–H groups in total. The van der Waals surface area contributed by atoms with Gasteiger partial charge in [-0.2, -0.15) is 0 Å². The summed E-state index contributed by atoms with van der Waals surface area (Å²) in [4.78, 5) is 30.2. The van der Waals surface area contributed by atoms with E-state index in [9.17, 15) is 14.0 Å². The molecule has 0 aliphatic carbocycles. The van der Waals surface area contributed by atoms with E-state index in [1.54, 1.807) is 24.3 Å². The standard InChI is InChI=1S/C27H26FN3O3/c1-4-16-34-23-7-5-6-22(17-23)31-26(32)24(18-8-10-19(28)11-9-18)25(27(31)33)29-20-12-14-21(15-13-20)30(2)3/h5-15,17,29H,4,16H2,1-3H3. The zero-order valence-corrected chi connectivity index (χ0v) is 19.3. The number of hydrogen-bond acceptors (Lipinski definition) is 5. The third kappa shape index (κ3) is 4.64. The summed E-state index contributed by atoms with van der Waals surface area (Å²) in [5.74, 6) is -0.832. The molecule has 6 nitrogen and oxygen atoms in total. The molecule has 0 aromatic heterocycles. The highest BCUT2D eigenvalue weighted by atomic mass is 19.1. The molecule has 0 fully saturated rings. The van der Waals surface area contributed by atoms with Crippen LogP contribution in [0.15, 0.2) is 78.5 Å². The molecule has 0 spiro atoms. The molecule has 34 heavy (non-hydrogen) atoms. The quantitative estimate of drug-likeness (QED) is 0.476. The van der Waals surface area contributed by atoms with E-state index in [-0.39, 0.29) is 11.3 Å². The smallest absolute Gasteiger partial charge is 0.282 e. The molecule has 7 heteroatoms. The Labute approximate surface area is 198 Å². The Kier molecular flexibility index (Phi) is 6.63. The number of carbonyl (C=O) groups is 2. The van der Waals surface area contributed by atoms with Crippen LogP contribution in [0.2, 0.25) is 0 Å². The molecular formula is C27H26FN3O3. The second kappa shape index (κ2) is 9.79. The molecule has 174 valence electrons. The first-order chi connectivity index (χ1) is 16.4. The summed E-state index contributed by atoms with van der Waals surface area (Å²) in [6.07, 6.45) is 0.836. The number of amides is 2. The van der Waals surface area contributed by atoms with Gasteiger partial charge in [-0.15, -0.1) is 0 Å². The highest BCUT2D eigenvalue weighted by Gasteiger charge is 2.40. The second-order valence-electron chi connectivity index (χ2n) is 8.11. The van der Waals surface area contributed by atoms with Crippen LogP contribution in [0.1, 0.15) is 18.9 Å². The fourth-order valence-electron chi connectivity index (χ4n) is 3.68. The van der Waals surface area contributed by atoms with Crippen molar-refractivity contribution >= 4 is 34.4 Å². The summed E-state index contributed by atoms with van der Waals surface area (Å²) in [6.45, 7) is 2.53. The van der Waals surface area contributed by atoms with Gasteiger partial charge in [-0.05, 0) is 60.5 Å². The maximum Gasteiger partial charge on any atom is 0.282 e. The Morgan fingerprint density at radius 2 is 1.65 bits per heavy atom. The Morgan fingerprint density at radius 1 is 0.941 bits per heavy atom. The molecule has 0 bridgehead atoms. The summed E-state index contributed by atoms with van der Waals surface area (Å²) < 4.78 is 19.2. The van der Waals surface area contributed by atoms with E-state index >= 15 is 0 Å². The lowest BCUT2D eigenvalue weighted by molar-refractivity contribution is -0.120. The SMILES string of the molecule is CCCOc1cccc(N2C(=O)C(Nc3ccc(N(C)C)cc3)=C(c3ccc(F)cc3)C2=O)c1. The number of benzene rings is 3. The van der Waals surface area contributed by atoms with Gasteiger partial charge < -0.3 is 15.0 Å². The van der Waals surface area contributed by atoms with Crippen LogP contribution in [-0.2, 0) is 9.59 Å². The van der Waals surface area contributed by atoms with Crippen LogP contribution in [0.3, 0.4) is 0 Å². The van der Waals surface area contributed by atoms with Crippen molar-refractivity contribution in [3.8, 4) is 5.75 Å². The van der Waals surface area contributed by atoms with Crippen molar-refractivity contribution in [1.82, 2.24) is 0 Å². The van der Waals surface area contributed by atoms with Gasteiger partial charge in [0.05, 0.1) is 17.9 Å². The minimum atomic E-state index is -0.492. The van der Waals surface area contributed by atoms with Gasteiger partial charge in [-0.1, -0.05) is 25.1 Å². The number of nitrogens with zero attached hydrogens (tertiary/aromatic N) is 2. The van der Waals surface area contributed by atoms with E-state index in [1.807, 2.05) is 50.2 Å². The number of imide groups is 1. The van der Waals surface area contributed by atoms with Crippen LogP contribution >= 0.6 is 0 Å². The largest absolute Gasteiger partial charge is 0.494 e. The fourth-order valence-corrected chi connectivity index (χ4v) is 3.68. The Balaban J connectivity index is 1.74. The minimum absolute atomic E-state index is 0.133. The highest BCUT2D eigenvalue weighted by Crippen LogP contribution is 2.35. The van der Waals surface area contributed by atoms with Crippen molar-refractivity contribution < 1.29 is 18.7 Å². The van der Waals surface area contributed by atoms with Crippen LogP contribution < -0.4 is 19.9 Å². The summed E-state index contributed by atoms with van der Waals surface area (Å²) in [6, 6.07) is 19.9. The van der Waals surface area contributed by atoms with E-state index in [0.717, 1.165) is 17.0 Å². The van der Waals surface area contributed by atoms with E-state index in [1.165, 1.54) is 24.3 Å². The molecule has 0 atom stereocenters. The van der Waals surface area contributed by atoms with Crippen molar-refractivity contribution in [2.75, 3.05) is 35.8 Å². The fraction of sp³-hybridized carbons (Fsp3) is 0.185. The molecule has 0 radical (unpaired) electrons. The highest BCUT2D eigenvalue weighted by molar-refractivity contribution is 6.46. The number of nitrogens with one attached hydrogen (secondary N) is 1. The molecule has 1 aliphatic heterocycles.